The molecular formula is C14H13ClFN3O. The van der Waals surface area contributed by atoms with Crippen LogP contribution in [0, 0.1) is 5.82 Å². The van der Waals surface area contributed by atoms with Gasteiger partial charge in [-0.2, -0.15) is 0 Å². The molecule has 104 valence electrons. The number of nitrogens with one attached hydrogen (secondary N) is 1. The summed E-state index contributed by atoms with van der Waals surface area (Å²) in [5.41, 5.74) is 0.755. The van der Waals surface area contributed by atoms with Gasteiger partial charge in [0.25, 0.3) is 5.91 Å². The molecule has 1 aromatic carbocycles. The Kier molecular flexibility index (Phi) is 4.20. The van der Waals surface area contributed by atoms with E-state index in [1.54, 1.807) is 12.1 Å². The number of rotatable bonds is 3. The van der Waals surface area contributed by atoms with E-state index < -0.39 is 5.82 Å². The normalized spacial score (nSPS) is 10.2. The van der Waals surface area contributed by atoms with Gasteiger partial charge in [-0.3, -0.25) is 4.79 Å². The van der Waals surface area contributed by atoms with E-state index in [1.165, 1.54) is 18.3 Å². The first-order chi connectivity index (χ1) is 9.47. The Morgan fingerprint density at radius 2 is 2.05 bits per heavy atom. The summed E-state index contributed by atoms with van der Waals surface area (Å²) in [5, 5.41) is 2.76. The Bertz CT molecular complexity index is 629. The van der Waals surface area contributed by atoms with E-state index >= 15 is 0 Å². The molecule has 1 aromatic heterocycles. The monoisotopic (exact) mass is 293 g/mol. The first-order valence-corrected chi connectivity index (χ1v) is 6.25. The second kappa shape index (κ2) is 5.88. The number of anilines is 2. The fourth-order valence-corrected chi connectivity index (χ4v) is 1.78. The van der Waals surface area contributed by atoms with Crippen molar-refractivity contribution in [2.45, 2.75) is 0 Å². The summed E-state index contributed by atoms with van der Waals surface area (Å²) >= 11 is 5.85. The van der Waals surface area contributed by atoms with Gasteiger partial charge in [-0.15, -0.1) is 0 Å². The quantitative estimate of drug-likeness (QED) is 0.945. The molecule has 0 saturated carbocycles. The third-order valence-electron chi connectivity index (χ3n) is 2.65. The van der Waals surface area contributed by atoms with Gasteiger partial charge >= 0.3 is 0 Å². The lowest BCUT2D eigenvalue weighted by molar-refractivity contribution is 0.102. The maximum absolute atomic E-state index is 12.9. The van der Waals surface area contributed by atoms with Crippen molar-refractivity contribution >= 4 is 29.0 Å². The van der Waals surface area contributed by atoms with Crippen molar-refractivity contribution in [3.05, 3.63) is 52.9 Å². The van der Waals surface area contributed by atoms with Crippen LogP contribution >= 0.6 is 11.6 Å². The van der Waals surface area contributed by atoms with Crippen LogP contribution in [0.4, 0.5) is 15.9 Å². The largest absolute Gasteiger partial charge is 0.363 e. The molecule has 0 bridgehead atoms. The number of carbonyl (C=O) groups excluding carboxylic acids is 1. The van der Waals surface area contributed by atoms with Crippen molar-refractivity contribution in [1.29, 1.82) is 0 Å². The number of nitrogens with zero attached hydrogens (tertiary/aromatic N) is 2. The van der Waals surface area contributed by atoms with Gasteiger partial charge in [0.2, 0.25) is 0 Å². The van der Waals surface area contributed by atoms with E-state index in [0.29, 0.717) is 11.3 Å². The second-order valence-electron chi connectivity index (χ2n) is 4.38. The summed E-state index contributed by atoms with van der Waals surface area (Å²) in [6.07, 6.45) is 1.47. The van der Waals surface area contributed by atoms with Gasteiger partial charge in [0.1, 0.15) is 11.6 Å². The molecular weight excluding hydrogens is 281 g/mol. The first kappa shape index (κ1) is 14.3. The molecule has 0 aliphatic heterocycles. The van der Waals surface area contributed by atoms with E-state index in [0.717, 1.165) is 11.9 Å². The van der Waals surface area contributed by atoms with Crippen molar-refractivity contribution in [3.8, 4) is 0 Å². The SMILES string of the molecule is CN(C)c1ccc(C(=O)Nc2ccc(F)cc2Cl)cn1. The number of benzene rings is 1. The van der Waals surface area contributed by atoms with E-state index in [4.69, 9.17) is 11.6 Å². The van der Waals surface area contributed by atoms with Crippen LogP contribution in [-0.2, 0) is 0 Å². The Morgan fingerprint density at radius 1 is 1.30 bits per heavy atom. The number of carbonyl (C=O) groups is 1. The average molecular weight is 294 g/mol. The minimum absolute atomic E-state index is 0.149. The van der Waals surface area contributed by atoms with Crippen molar-refractivity contribution < 1.29 is 9.18 Å². The Hall–Kier alpha value is -2.14. The zero-order valence-electron chi connectivity index (χ0n) is 11.0. The number of halogens is 2. The average Bonchev–Trinajstić information content (AvgIpc) is 2.42. The van der Waals surface area contributed by atoms with Crippen LogP contribution < -0.4 is 10.2 Å². The number of amides is 1. The fourth-order valence-electron chi connectivity index (χ4n) is 1.57. The molecule has 2 aromatic rings. The van der Waals surface area contributed by atoms with Gasteiger partial charge in [-0.25, -0.2) is 9.37 Å². The van der Waals surface area contributed by atoms with Crippen LogP contribution in [-0.4, -0.2) is 25.0 Å². The Morgan fingerprint density at radius 3 is 2.60 bits per heavy atom. The zero-order chi connectivity index (χ0) is 14.7. The molecule has 0 aliphatic carbocycles. The molecule has 1 amide bonds. The van der Waals surface area contributed by atoms with Crippen molar-refractivity contribution in [1.82, 2.24) is 4.98 Å². The van der Waals surface area contributed by atoms with Crippen LogP contribution in [0.5, 0.6) is 0 Å². The Balaban J connectivity index is 2.15. The smallest absolute Gasteiger partial charge is 0.257 e. The molecule has 0 spiro atoms. The summed E-state index contributed by atoms with van der Waals surface area (Å²) in [6.45, 7) is 0. The molecule has 20 heavy (non-hydrogen) atoms. The molecule has 4 nitrogen and oxygen atoms in total. The van der Waals surface area contributed by atoms with E-state index in [2.05, 4.69) is 10.3 Å². The molecule has 0 aliphatic rings. The fraction of sp³-hybridized carbons (Fsp3) is 0.143. The summed E-state index contributed by atoms with van der Waals surface area (Å²) in [6, 6.07) is 7.19. The molecule has 0 atom stereocenters. The number of pyridine rings is 1. The highest BCUT2D eigenvalue weighted by Gasteiger charge is 2.10. The molecule has 0 fully saturated rings. The molecule has 0 saturated heterocycles. The van der Waals surface area contributed by atoms with Gasteiger partial charge in [0.05, 0.1) is 16.3 Å². The van der Waals surface area contributed by atoms with Crippen LogP contribution in [0.2, 0.25) is 5.02 Å². The maximum atomic E-state index is 12.9. The highest BCUT2D eigenvalue weighted by molar-refractivity contribution is 6.33. The van der Waals surface area contributed by atoms with Gasteiger partial charge in [0, 0.05) is 20.3 Å². The number of hydrogen-bond acceptors (Lipinski definition) is 3. The highest BCUT2D eigenvalue weighted by Crippen LogP contribution is 2.23. The van der Waals surface area contributed by atoms with Crippen LogP contribution in [0.15, 0.2) is 36.5 Å². The molecule has 1 N–H and O–H groups in total. The topological polar surface area (TPSA) is 45.2 Å². The van der Waals surface area contributed by atoms with E-state index in [-0.39, 0.29) is 10.9 Å². The third kappa shape index (κ3) is 3.24. The predicted molar refractivity (Wildman–Crippen MR) is 77.9 cm³/mol. The van der Waals surface area contributed by atoms with Crippen molar-refractivity contribution in [2.24, 2.45) is 0 Å². The standard InChI is InChI=1S/C14H13ClFN3O/c1-19(2)13-6-3-9(8-17-13)14(20)18-12-5-4-10(16)7-11(12)15/h3-8H,1-2H3,(H,18,20). The predicted octanol–water partition coefficient (Wildman–Crippen LogP) is 3.19. The number of hydrogen-bond donors (Lipinski definition) is 1. The van der Waals surface area contributed by atoms with Crippen molar-refractivity contribution in [3.63, 3.8) is 0 Å². The van der Waals surface area contributed by atoms with Gasteiger partial charge in [-0.1, -0.05) is 11.6 Å². The summed E-state index contributed by atoms with van der Waals surface area (Å²) in [5.74, 6) is -0.0531. The minimum atomic E-state index is -0.454. The maximum Gasteiger partial charge on any atom is 0.257 e. The van der Waals surface area contributed by atoms with Gasteiger partial charge in [-0.05, 0) is 30.3 Å². The molecule has 0 radical (unpaired) electrons. The van der Waals surface area contributed by atoms with Crippen LogP contribution in [0.3, 0.4) is 0 Å². The Labute approximate surface area is 121 Å². The summed E-state index contributed by atoms with van der Waals surface area (Å²) in [7, 11) is 3.72. The third-order valence-corrected chi connectivity index (χ3v) is 2.96. The minimum Gasteiger partial charge on any atom is -0.363 e. The van der Waals surface area contributed by atoms with Crippen molar-refractivity contribution in [2.75, 3.05) is 24.3 Å². The second-order valence-corrected chi connectivity index (χ2v) is 4.78. The van der Waals surface area contributed by atoms with Gasteiger partial charge in [0.15, 0.2) is 0 Å². The van der Waals surface area contributed by atoms with Crippen LogP contribution in [0.25, 0.3) is 0 Å². The first-order valence-electron chi connectivity index (χ1n) is 5.87. The molecule has 1 heterocycles. The van der Waals surface area contributed by atoms with Crippen LogP contribution in [0.1, 0.15) is 10.4 Å². The van der Waals surface area contributed by atoms with Gasteiger partial charge < -0.3 is 10.2 Å². The lowest BCUT2D eigenvalue weighted by atomic mass is 10.2. The lowest BCUT2D eigenvalue weighted by Crippen LogP contribution is -2.14. The highest BCUT2D eigenvalue weighted by atomic mass is 35.5. The zero-order valence-corrected chi connectivity index (χ0v) is 11.8. The van der Waals surface area contributed by atoms with E-state index in [1.807, 2.05) is 19.0 Å². The van der Waals surface area contributed by atoms with E-state index in [9.17, 15) is 9.18 Å². The molecule has 0 unspecified atom stereocenters. The summed E-state index contributed by atoms with van der Waals surface area (Å²) in [4.78, 5) is 18.0. The molecule has 2 rings (SSSR count). The number of aromatic nitrogens is 1. The molecule has 6 heteroatoms. The lowest BCUT2D eigenvalue weighted by Gasteiger charge is -2.11. The summed E-state index contributed by atoms with van der Waals surface area (Å²) < 4.78 is 12.9.